The molecule has 0 aliphatic carbocycles. The molecule has 2 aromatic rings. The molecule has 0 aliphatic rings. The van der Waals surface area contributed by atoms with E-state index in [0.29, 0.717) is 0 Å². The van der Waals surface area contributed by atoms with Gasteiger partial charge in [-0.05, 0) is 17.0 Å². The molecule has 5 nitrogen and oxygen atoms in total. The topological polar surface area (TPSA) is 81.4 Å². The SMILES string of the molecule is CC[C@H](C)[C@H](N)C(=O)OCC(=O)NC(c1ccccc1)c1ccccc1.Cl. The van der Waals surface area contributed by atoms with Gasteiger partial charge in [-0.15, -0.1) is 12.4 Å². The summed E-state index contributed by atoms with van der Waals surface area (Å²) in [4.78, 5) is 24.3. The molecule has 0 spiro atoms. The molecule has 0 saturated carbocycles. The average Bonchev–Trinajstić information content (AvgIpc) is 2.70. The first-order valence-electron chi connectivity index (χ1n) is 8.84. The largest absolute Gasteiger partial charge is 0.454 e. The molecule has 1 amide bonds. The highest BCUT2D eigenvalue weighted by atomic mass is 35.5. The maximum atomic E-state index is 12.3. The van der Waals surface area contributed by atoms with Crippen molar-refractivity contribution in [2.45, 2.75) is 32.4 Å². The minimum atomic E-state index is -0.716. The highest BCUT2D eigenvalue weighted by Crippen LogP contribution is 2.21. The Balaban J connectivity index is 0.00000364. The summed E-state index contributed by atoms with van der Waals surface area (Å²) in [5.74, 6) is -0.912. The number of ether oxygens (including phenoxy) is 1. The zero-order chi connectivity index (χ0) is 18.9. The van der Waals surface area contributed by atoms with Gasteiger partial charge in [0.2, 0.25) is 0 Å². The van der Waals surface area contributed by atoms with Gasteiger partial charge < -0.3 is 15.8 Å². The molecule has 2 aromatic carbocycles. The molecule has 146 valence electrons. The Morgan fingerprint density at radius 3 is 1.93 bits per heavy atom. The van der Waals surface area contributed by atoms with Crippen molar-refractivity contribution in [3.63, 3.8) is 0 Å². The van der Waals surface area contributed by atoms with Gasteiger partial charge in [-0.1, -0.05) is 80.9 Å². The van der Waals surface area contributed by atoms with Crippen LogP contribution in [0.15, 0.2) is 60.7 Å². The zero-order valence-electron chi connectivity index (χ0n) is 15.6. The first-order chi connectivity index (χ1) is 12.5. The van der Waals surface area contributed by atoms with Gasteiger partial charge in [-0.3, -0.25) is 9.59 Å². The zero-order valence-corrected chi connectivity index (χ0v) is 16.4. The van der Waals surface area contributed by atoms with Gasteiger partial charge in [0.05, 0.1) is 6.04 Å². The summed E-state index contributed by atoms with van der Waals surface area (Å²) in [5, 5.41) is 2.93. The van der Waals surface area contributed by atoms with Gasteiger partial charge in [0.25, 0.3) is 5.91 Å². The van der Waals surface area contributed by atoms with E-state index in [0.717, 1.165) is 17.5 Å². The van der Waals surface area contributed by atoms with Gasteiger partial charge in [-0.25, -0.2) is 0 Å². The van der Waals surface area contributed by atoms with Crippen LogP contribution in [-0.2, 0) is 14.3 Å². The van der Waals surface area contributed by atoms with Crippen molar-refractivity contribution in [1.29, 1.82) is 0 Å². The number of benzene rings is 2. The molecule has 0 aliphatic heterocycles. The molecule has 0 saturated heterocycles. The minimum absolute atomic E-state index is 0. The Hall–Kier alpha value is -2.37. The standard InChI is InChI=1S/C21H26N2O3.ClH/c1-3-15(2)19(22)21(25)26-14-18(24)23-20(16-10-6-4-7-11-16)17-12-8-5-9-13-17;/h4-13,15,19-20H,3,14,22H2,1-2H3,(H,23,24);1H/t15-,19-;/m0./s1. The molecule has 0 heterocycles. The first kappa shape index (κ1) is 22.7. The number of nitrogens with two attached hydrogens (primary N) is 1. The van der Waals surface area contributed by atoms with E-state index in [1.165, 1.54) is 0 Å². The molecule has 2 atom stereocenters. The van der Waals surface area contributed by atoms with Crippen LogP contribution in [0.25, 0.3) is 0 Å². The fourth-order valence-electron chi connectivity index (χ4n) is 2.57. The van der Waals surface area contributed by atoms with Crippen molar-refractivity contribution in [1.82, 2.24) is 5.32 Å². The van der Waals surface area contributed by atoms with Gasteiger partial charge >= 0.3 is 5.97 Å². The van der Waals surface area contributed by atoms with Crippen LogP contribution in [-0.4, -0.2) is 24.5 Å². The van der Waals surface area contributed by atoms with E-state index in [1.54, 1.807) is 0 Å². The maximum Gasteiger partial charge on any atom is 0.323 e. The normalized spacial score (nSPS) is 12.6. The summed E-state index contributed by atoms with van der Waals surface area (Å²) < 4.78 is 5.09. The maximum absolute atomic E-state index is 12.3. The quantitative estimate of drug-likeness (QED) is 0.678. The van der Waals surface area contributed by atoms with Crippen LogP contribution in [0.5, 0.6) is 0 Å². The summed E-state index contributed by atoms with van der Waals surface area (Å²) in [7, 11) is 0. The van der Waals surface area contributed by atoms with Crippen LogP contribution in [0.4, 0.5) is 0 Å². The van der Waals surface area contributed by atoms with Crippen molar-refractivity contribution < 1.29 is 14.3 Å². The molecular weight excluding hydrogens is 364 g/mol. The Morgan fingerprint density at radius 2 is 1.48 bits per heavy atom. The molecule has 0 fully saturated rings. The number of hydrogen-bond acceptors (Lipinski definition) is 4. The second-order valence-electron chi connectivity index (χ2n) is 6.34. The van der Waals surface area contributed by atoms with Gasteiger partial charge in [0, 0.05) is 0 Å². The lowest BCUT2D eigenvalue weighted by Gasteiger charge is -2.21. The number of nitrogens with one attached hydrogen (secondary N) is 1. The van der Waals surface area contributed by atoms with Crippen LogP contribution in [0, 0.1) is 5.92 Å². The Morgan fingerprint density at radius 1 is 1.00 bits per heavy atom. The summed E-state index contributed by atoms with van der Waals surface area (Å²) in [6.45, 7) is 3.49. The van der Waals surface area contributed by atoms with Crippen LogP contribution >= 0.6 is 12.4 Å². The van der Waals surface area contributed by atoms with Gasteiger partial charge in [-0.2, -0.15) is 0 Å². The third kappa shape index (κ3) is 6.70. The Kier molecular flexibility index (Phi) is 9.54. The number of hydrogen-bond donors (Lipinski definition) is 2. The van der Waals surface area contributed by atoms with Crippen molar-refractivity contribution in [2.24, 2.45) is 11.7 Å². The van der Waals surface area contributed by atoms with Crippen LogP contribution in [0.1, 0.15) is 37.4 Å². The summed E-state index contributed by atoms with van der Waals surface area (Å²) in [6, 6.07) is 18.3. The van der Waals surface area contributed by atoms with Crippen molar-refractivity contribution >= 4 is 24.3 Å². The molecule has 0 aromatic heterocycles. The summed E-state index contributed by atoms with van der Waals surface area (Å²) in [6.07, 6.45) is 0.770. The number of amides is 1. The lowest BCUT2D eigenvalue weighted by Crippen LogP contribution is -2.40. The van der Waals surface area contributed by atoms with E-state index in [4.69, 9.17) is 10.5 Å². The van der Waals surface area contributed by atoms with E-state index in [1.807, 2.05) is 74.5 Å². The number of rotatable bonds is 8. The van der Waals surface area contributed by atoms with Gasteiger partial charge in [0.1, 0.15) is 6.04 Å². The van der Waals surface area contributed by atoms with Crippen molar-refractivity contribution in [3.05, 3.63) is 71.8 Å². The van der Waals surface area contributed by atoms with Crippen LogP contribution < -0.4 is 11.1 Å². The molecule has 0 radical (unpaired) electrons. The van der Waals surface area contributed by atoms with Crippen LogP contribution in [0.3, 0.4) is 0 Å². The molecule has 6 heteroatoms. The molecule has 2 rings (SSSR count). The third-order valence-electron chi connectivity index (χ3n) is 4.45. The molecule has 0 bridgehead atoms. The fraction of sp³-hybridized carbons (Fsp3) is 0.333. The lowest BCUT2D eigenvalue weighted by atomic mass is 9.99. The van der Waals surface area contributed by atoms with Gasteiger partial charge in [0.15, 0.2) is 6.61 Å². The van der Waals surface area contributed by atoms with Crippen molar-refractivity contribution in [3.8, 4) is 0 Å². The van der Waals surface area contributed by atoms with E-state index >= 15 is 0 Å². The second-order valence-corrected chi connectivity index (χ2v) is 6.34. The number of esters is 1. The summed E-state index contributed by atoms with van der Waals surface area (Å²) >= 11 is 0. The third-order valence-corrected chi connectivity index (χ3v) is 4.45. The first-order valence-corrected chi connectivity index (χ1v) is 8.84. The number of carbonyl (C=O) groups excluding carboxylic acids is 2. The second kappa shape index (κ2) is 11.4. The number of carbonyl (C=O) groups is 2. The fourth-order valence-corrected chi connectivity index (χ4v) is 2.57. The predicted molar refractivity (Wildman–Crippen MR) is 109 cm³/mol. The Bertz CT molecular complexity index is 670. The molecule has 3 N–H and O–H groups in total. The molecule has 0 unspecified atom stereocenters. The smallest absolute Gasteiger partial charge is 0.323 e. The average molecular weight is 391 g/mol. The number of halogens is 1. The highest BCUT2D eigenvalue weighted by molar-refractivity contribution is 5.85. The monoisotopic (exact) mass is 390 g/mol. The predicted octanol–water partition coefficient (Wildman–Crippen LogP) is 3.23. The van der Waals surface area contributed by atoms with Crippen LogP contribution in [0.2, 0.25) is 0 Å². The van der Waals surface area contributed by atoms with Crippen molar-refractivity contribution in [2.75, 3.05) is 6.61 Å². The molecular formula is C21H27ClN2O3. The van der Waals surface area contributed by atoms with E-state index in [2.05, 4.69) is 5.32 Å². The van der Waals surface area contributed by atoms with E-state index in [-0.39, 0.29) is 36.9 Å². The minimum Gasteiger partial charge on any atom is -0.454 e. The lowest BCUT2D eigenvalue weighted by molar-refractivity contribution is -0.151. The Labute approximate surface area is 166 Å². The van der Waals surface area contributed by atoms with E-state index in [9.17, 15) is 9.59 Å². The molecule has 27 heavy (non-hydrogen) atoms. The highest BCUT2D eigenvalue weighted by Gasteiger charge is 2.23. The summed E-state index contributed by atoms with van der Waals surface area (Å²) in [5.41, 5.74) is 7.74. The van der Waals surface area contributed by atoms with E-state index < -0.39 is 12.0 Å².